The van der Waals surface area contributed by atoms with Crippen LogP contribution in [0.15, 0.2) is 16.6 Å². The van der Waals surface area contributed by atoms with Crippen LogP contribution in [-0.2, 0) is 11.2 Å². The van der Waals surface area contributed by atoms with E-state index in [2.05, 4.69) is 21.2 Å². The first kappa shape index (κ1) is 14.9. The first-order valence-electron chi connectivity index (χ1n) is 6.45. The summed E-state index contributed by atoms with van der Waals surface area (Å²) in [6.45, 7) is 2.73. The molecule has 2 nitrogen and oxygen atoms in total. The molecule has 0 amide bonds. The lowest BCUT2D eigenvalue weighted by Gasteiger charge is -2.26. The molecule has 19 heavy (non-hydrogen) atoms. The quantitative estimate of drug-likeness (QED) is 0.854. The van der Waals surface area contributed by atoms with Gasteiger partial charge in [-0.1, -0.05) is 0 Å². The lowest BCUT2D eigenvalue weighted by molar-refractivity contribution is 0.0961. The lowest BCUT2D eigenvalue weighted by atomic mass is 9.88. The molecule has 1 heterocycles. The zero-order valence-electron chi connectivity index (χ0n) is 11.1. The summed E-state index contributed by atoms with van der Waals surface area (Å²) in [7, 11) is 1.82. The number of nitrogens with one attached hydrogen (secondary N) is 1. The molecule has 1 aliphatic heterocycles. The molecule has 0 aliphatic carbocycles. The van der Waals surface area contributed by atoms with Crippen molar-refractivity contribution in [3.05, 3.63) is 33.8 Å². The van der Waals surface area contributed by atoms with E-state index < -0.39 is 11.6 Å². The molecule has 106 valence electrons. The van der Waals surface area contributed by atoms with E-state index in [4.69, 9.17) is 4.74 Å². The highest BCUT2D eigenvalue weighted by atomic mass is 79.9. The summed E-state index contributed by atoms with van der Waals surface area (Å²) in [5.41, 5.74) is 0.132. The van der Waals surface area contributed by atoms with Gasteiger partial charge in [0.05, 0.1) is 10.6 Å². The number of benzene rings is 1. The molecular weight excluding hydrogens is 316 g/mol. The zero-order valence-corrected chi connectivity index (χ0v) is 12.6. The normalized spacial score (nSPS) is 24.7. The molecule has 3 atom stereocenters. The second-order valence-electron chi connectivity index (χ2n) is 4.95. The van der Waals surface area contributed by atoms with Gasteiger partial charge in [0.15, 0.2) is 0 Å². The van der Waals surface area contributed by atoms with Crippen molar-refractivity contribution in [1.29, 1.82) is 0 Å². The molecule has 0 bridgehead atoms. The summed E-state index contributed by atoms with van der Waals surface area (Å²) in [4.78, 5) is 0. The van der Waals surface area contributed by atoms with E-state index in [1.54, 1.807) is 0 Å². The van der Waals surface area contributed by atoms with Crippen LogP contribution in [0, 0.1) is 17.6 Å². The number of hydrogen-bond acceptors (Lipinski definition) is 2. The van der Waals surface area contributed by atoms with Crippen LogP contribution in [-0.4, -0.2) is 25.8 Å². The highest BCUT2D eigenvalue weighted by Crippen LogP contribution is 2.28. The Morgan fingerprint density at radius 1 is 1.47 bits per heavy atom. The SMILES string of the molecule is CNC(Cc1c(F)ccc(Br)c1F)C1CCOC1C. The lowest BCUT2D eigenvalue weighted by Crippen LogP contribution is -2.39. The van der Waals surface area contributed by atoms with Crippen molar-refractivity contribution >= 4 is 15.9 Å². The van der Waals surface area contributed by atoms with E-state index in [1.165, 1.54) is 12.1 Å². The average Bonchev–Trinajstić information content (AvgIpc) is 2.81. The van der Waals surface area contributed by atoms with Gasteiger partial charge in [0.1, 0.15) is 11.6 Å². The topological polar surface area (TPSA) is 21.3 Å². The number of hydrogen-bond donors (Lipinski definition) is 1. The van der Waals surface area contributed by atoms with E-state index in [1.807, 2.05) is 14.0 Å². The molecule has 0 radical (unpaired) electrons. The maximum absolute atomic E-state index is 14.0. The second kappa shape index (κ2) is 6.29. The summed E-state index contributed by atoms with van der Waals surface area (Å²) in [5, 5.41) is 3.17. The molecule has 3 unspecified atom stereocenters. The Balaban J connectivity index is 2.21. The van der Waals surface area contributed by atoms with Crippen molar-refractivity contribution < 1.29 is 13.5 Å². The maximum atomic E-state index is 14.0. The van der Waals surface area contributed by atoms with Gasteiger partial charge < -0.3 is 10.1 Å². The number of halogens is 3. The predicted octanol–water partition coefficient (Wildman–Crippen LogP) is 3.28. The van der Waals surface area contributed by atoms with Crippen LogP contribution in [0.3, 0.4) is 0 Å². The van der Waals surface area contributed by atoms with Gasteiger partial charge >= 0.3 is 0 Å². The molecule has 1 aliphatic rings. The van der Waals surface area contributed by atoms with Crippen LogP contribution in [0.25, 0.3) is 0 Å². The molecular formula is C14H18BrF2NO. The van der Waals surface area contributed by atoms with Crippen LogP contribution in [0.2, 0.25) is 0 Å². The van der Waals surface area contributed by atoms with Crippen molar-refractivity contribution in [2.75, 3.05) is 13.7 Å². The van der Waals surface area contributed by atoms with Crippen LogP contribution in [0.4, 0.5) is 8.78 Å². The summed E-state index contributed by atoms with van der Waals surface area (Å²) < 4.78 is 33.6. The fourth-order valence-electron chi connectivity index (χ4n) is 2.72. The minimum atomic E-state index is -0.508. The van der Waals surface area contributed by atoms with Crippen LogP contribution in [0.1, 0.15) is 18.9 Å². The molecule has 1 N–H and O–H groups in total. The van der Waals surface area contributed by atoms with E-state index in [-0.39, 0.29) is 23.6 Å². The molecule has 0 spiro atoms. The largest absolute Gasteiger partial charge is 0.378 e. The zero-order chi connectivity index (χ0) is 14.0. The van der Waals surface area contributed by atoms with Crippen molar-refractivity contribution in [1.82, 2.24) is 5.32 Å². The molecule has 1 saturated heterocycles. The van der Waals surface area contributed by atoms with Crippen LogP contribution in [0.5, 0.6) is 0 Å². The van der Waals surface area contributed by atoms with Crippen LogP contribution >= 0.6 is 15.9 Å². The first-order valence-corrected chi connectivity index (χ1v) is 7.25. The minimum absolute atomic E-state index is 0.01000. The third-order valence-electron chi connectivity index (χ3n) is 3.89. The van der Waals surface area contributed by atoms with E-state index in [0.29, 0.717) is 17.5 Å². The summed E-state index contributed by atoms with van der Waals surface area (Å²) in [6.07, 6.45) is 1.37. The number of ether oxygens (including phenoxy) is 1. The predicted molar refractivity (Wildman–Crippen MR) is 74.1 cm³/mol. The molecule has 0 saturated carbocycles. The fourth-order valence-corrected chi connectivity index (χ4v) is 3.09. The third-order valence-corrected chi connectivity index (χ3v) is 4.50. The Kier molecular flexibility index (Phi) is 4.92. The standard InChI is InChI=1S/C14H18BrF2NO/c1-8-9(5-6-19-8)13(18-2)7-10-12(16)4-3-11(15)14(10)17/h3-4,8-9,13,18H,5-7H2,1-2H3. The first-order chi connectivity index (χ1) is 9.04. The molecule has 5 heteroatoms. The Bertz CT molecular complexity index is 455. The fraction of sp³-hybridized carbons (Fsp3) is 0.571. The van der Waals surface area contributed by atoms with Crippen molar-refractivity contribution in [2.45, 2.75) is 31.9 Å². The maximum Gasteiger partial charge on any atom is 0.143 e. The molecule has 1 aromatic carbocycles. The Labute approximate surface area is 120 Å². The van der Waals surface area contributed by atoms with Gasteiger partial charge in [0.2, 0.25) is 0 Å². The Morgan fingerprint density at radius 2 is 2.21 bits per heavy atom. The second-order valence-corrected chi connectivity index (χ2v) is 5.80. The summed E-state index contributed by atoms with van der Waals surface area (Å²) in [6, 6.07) is 2.70. The number of likely N-dealkylation sites (N-methyl/N-ethyl adjacent to an activating group) is 1. The van der Waals surface area contributed by atoms with Gasteiger partial charge in [-0.25, -0.2) is 8.78 Å². The van der Waals surface area contributed by atoms with Crippen LogP contribution < -0.4 is 5.32 Å². The van der Waals surface area contributed by atoms with Crippen molar-refractivity contribution in [3.63, 3.8) is 0 Å². The van der Waals surface area contributed by atoms with E-state index in [0.717, 1.165) is 6.42 Å². The van der Waals surface area contributed by atoms with E-state index >= 15 is 0 Å². The highest BCUT2D eigenvalue weighted by Gasteiger charge is 2.32. The average molecular weight is 334 g/mol. The molecule has 0 aromatic heterocycles. The Morgan fingerprint density at radius 3 is 2.79 bits per heavy atom. The van der Waals surface area contributed by atoms with Gasteiger partial charge in [-0.3, -0.25) is 0 Å². The van der Waals surface area contributed by atoms with Crippen molar-refractivity contribution in [2.24, 2.45) is 5.92 Å². The van der Waals surface area contributed by atoms with Crippen molar-refractivity contribution in [3.8, 4) is 0 Å². The van der Waals surface area contributed by atoms with Gasteiger partial charge in [-0.15, -0.1) is 0 Å². The Hall–Kier alpha value is -0.520. The summed E-state index contributed by atoms with van der Waals surface area (Å²) in [5.74, 6) is -0.720. The monoisotopic (exact) mass is 333 g/mol. The van der Waals surface area contributed by atoms with Gasteiger partial charge in [-0.2, -0.15) is 0 Å². The van der Waals surface area contributed by atoms with E-state index in [9.17, 15) is 8.78 Å². The van der Waals surface area contributed by atoms with Gasteiger partial charge in [-0.05, 0) is 54.9 Å². The molecule has 2 rings (SSSR count). The third kappa shape index (κ3) is 3.15. The molecule has 1 aromatic rings. The minimum Gasteiger partial charge on any atom is -0.378 e. The van der Waals surface area contributed by atoms with Gasteiger partial charge in [0, 0.05) is 24.1 Å². The molecule has 1 fully saturated rings. The highest BCUT2D eigenvalue weighted by molar-refractivity contribution is 9.10. The van der Waals surface area contributed by atoms with Gasteiger partial charge in [0.25, 0.3) is 0 Å². The number of rotatable bonds is 4. The summed E-state index contributed by atoms with van der Waals surface area (Å²) >= 11 is 3.10. The smallest absolute Gasteiger partial charge is 0.143 e.